The van der Waals surface area contributed by atoms with Gasteiger partial charge in [-0.3, -0.25) is 0 Å². The van der Waals surface area contributed by atoms with Crippen molar-refractivity contribution in [1.82, 2.24) is 0 Å². The molecule has 0 aliphatic carbocycles. The van der Waals surface area contributed by atoms with E-state index in [1.165, 1.54) is 12.5 Å². The van der Waals surface area contributed by atoms with Crippen LogP contribution in [0, 0.1) is 0 Å². The van der Waals surface area contributed by atoms with Gasteiger partial charge in [0.05, 0.1) is 6.61 Å². The van der Waals surface area contributed by atoms with E-state index in [2.05, 4.69) is 11.3 Å². The van der Waals surface area contributed by atoms with E-state index in [4.69, 9.17) is 9.47 Å². The number of ether oxygens (including phenoxy) is 3. The van der Waals surface area contributed by atoms with E-state index in [1.54, 1.807) is 6.92 Å². The maximum absolute atomic E-state index is 10.8. The average Bonchev–Trinajstić information content (AvgIpc) is 2.87. The summed E-state index contributed by atoms with van der Waals surface area (Å²) in [5.41, 5.74) is 0.357. The lowest BCUT2D eigenvalue weighted by atomic mass is 10.4. The largest absolute Gasteiger partial charge is 0.495 e. The van der Waals surface area contributed by atoms with Crippen LogP contribution in [0.15, 0.2) is 24.7 Å². The Balaban J connectivity index is 2.02. The van der Waals surface area contributed by atoms with Crippen LogP contribution in [-0.2, 0) is 19.0 Å². The Morgan fingerprint density at radius 3 is 2.92 bits per heavy atom. The summed E-state index contributed by atoms with van der Waals surface area (Å²) in [6.45, 7) is 6.25. The quantitative estimate of drug-likeness (QED) is 0.277. The van der Waals surface area contributed by atoms with Crippen LogP contribution in [0.5, 0.6) is 0 Å². The molecule has 0 saturated carbocycles. The molecule has 0 spiro atoms. The van der Waals surface area contributed by atoms with Crippen LogP contribution in [0.25, 0.3) is 0 Å². The number of hydrogen-bond donors (Lipinski definition) is 0. The summed E-state index contributed by atoms with van der Waals surface area (Å²) in [7, 11) is 0. The topological polar surface area (TPSA) is 48.1 Å². The predicted molar refractivity (Wildman–Crippen MR) is 45.7 cm³/mol. The number of esters is 1. The third kappa shape index (κ3) is 4.32. The molecule has 4 heteroatoms. The number of rotatable bonds is 5. The zero-order valence-corrected chi connectivity index (χ0v) is 7.49. The first-order chi connectivity index (χ1) is 6.20. The molecule has 0 aromatic carbocycles. The van der Waals surface area contributed by atoms with Gasteiger partial charge in [-0.1, -0.05) is 6.58 Å². The standard InChI is InChI=1S/C9H12O4/c1-7(2)9(10)12-4-3-11-5-8-6-13-8/h3-4,8H,1,5-6H2,2H3/b4-3+. The molecule has 1 atom stereocenters. The summed E-state index contributed by atoms with van der Waals surface area (Å²) in [5.74, 6) is -0.456. The molecule has 13 heavy (non-hydrogen) atoms. The normalized spacial score (nSPS) is 19.9. The molecule has 1 heterocycles. The Morgan fingerprint density at radius 1 is 1.69 bits per heavy atom. The van der Waals surface area contributed by atoms with E-state index in [0.717, 1.165) is 6.61 Å². The lowest BCUT2D eigenvalue weighted by Crippen LogP contribution is -2.00. The molecule has 1 rings (SSSR count). The van der Waals surface area contributed by atoms with Crippen LogP contribution in [-0.4, -0.2) is 25.3 Å². The fourth-order valence-corrected chi connectivity index (χ4v) is 0.557. The van der Waals surface area contributed by atoms with E-state index in [-0.39, 0.29) is 6.10 Å². The van der Waals surface area contributed by atoms with Gasteiger partial charge in [0.25, 0.3) is 0 Å². The van der Waals surface area contributed by atoms with Crippen LogP contribution < -0.4 is 0 Å². The summed E-state index contributed by atoms with van der Waals surface area (Å²) >= 11 is 0. The lowest BCUT2D eigenvalue weighted by molar-refractivity contribution is -0.133. The Morgan fingerprint density at radius 2 is 2.38 bits per heavy atom. The first kappa shape index (κ1) is 9.80. The monoisotopic (exact) mass is 184 g/mol. The van der Waals surface area contributed by atoms with E-state index >= 15 is 0 Å². The highest BCUT2D eigenvalue weighted by atomic mass is 16.6. The minimum Gasteiger partial charge on any atom is -0.495 e. The van der Waals surface area contributed by atoms with Gasteiger partial charge in [0.1, 0.15) is 25.2 Å². The van der Waals surface area contributed by atoms with Crippen LogP contribution in [0.3, 0.4) is 0 Å². The van der Waals surface area contributed by atoms with E-state index < -0.39 is 5.97 Å². The van der Waals surface area contributed by atoms with E-state index in [1.807, 2.05) is 0 Å². The molecule has 0 bridgehead atoms. The zero-order valence-electron chi connectivity index (χ0n) is 7.49. The van der Waals surface area contributed by atoms with Crippen molar-refractivity contribution in [2.75, 3.05) is 13.2 Å². The second kappa shape index (κ2) is 4.67. The van der Waals surface area contributed by atoms with Gasteiger partial charge in [0.15, 0.2) is 0 Å². The molecule has 1 aliphatic rings. The smallest absolute Gasteiger partial charge is 0.338 e. The number of epoxide rings is 1. The Bertz CT molecular complexity index is 228. The van der Waals surface area contributed by atoms with Crippen molar-refractivity contribution in [3.8, 4) is 0 Å². The fourth-order valence-electron chi connectivity index (χ4n) is 0.557. The van der Waals surface area contributed by atoms with Crippen molar-refractivity contribution >= 4 is 5.97 Å². The highest BCUT2D eigenvalue weighted by molar-refractivity contribution is 5.87. The third-order valence-corrected chi connectivity index (χ3v) is 1.36. The van der Waals surface area contributed by atoms with Crippen molar-refractivity contribution in [1.29, 1.82) is 0 Å². The van der Waals surface area contributed by atoms with Crippen LogP contribution >= 0.6 is 0 Å². The Hall–Kier alpha value is -1.29. The van der Waals surface area contributed by atoms with Crippen LogP contribution in [0.2, 0.25) is 0 Å². The molecular weight excluding hydrogens is 172 g/mol. The lowest BCUT2D eigenvalue weighted by Gasteiger charge is -1.97. The number of carbonyl (C=O) groups excluding carboxylic acids is 1. The molecule has 1 unspecified atom stereocenters. The molecule has 1 fully saturated rings. The highest BCUT2D eigenvalue weighted by Gasteiger charge is 2.22. The highest BCUT2D eigenvalue weighted by Crippen LogP contribution is 2.08. The van der Waals surface area contributed by atoms with Gasteiger partial charge in [-0.2, -0.15) is 0 Å². The molecule has 1 aliphatic heterocycles. The minimum absolute atomic E-state index is 0.210. The van der Waals surface area contributed by atoms with E-state index in [9.17, 15) is 4.79 Å². The van der Waals surface area contributed by atoms with Gasteiger partial charge in [-0.15, -0.1) is 0 Å². The number of carbonyl (C=O) groups is 1. The average molecular weight is 184 g/mol. The maximum atomic E-state index is 10.8. The first-order valence-corrected chi connectivity index (χ1v) is 3.95. The molecule has 0 amide bonds. The van der Waals surface area contributed by atoms with Gasteiger partial charge < -0.3 is 14.2 Å². The molecule has 1 saturated heterocycles. The van der Waals surface area contributed by atoms with Crippen molar-refractivity contribution in [2.45, 2.75) is 13.0 Å². The maximum Gasteiger partial charge on any atom is 0.338 e. The summed E-state index contributed by atoms with van der Waals surface area (Å²) < 4.78 is 14.5. The number of hydrogen-bond acceptors (Lipinski definition) is 4. The fraction of sp³-hybridized carbons (Fsp3) is 0.444. The molecule has 4 nitrogen and oxygen atoms in total. The summed E-state index contributed by atoms with van der Waals surface area (Å²) in [5, 5.41) is 0. The second-order valence-electron chi connectivity index (χ2n) is 2.75. The van der Waals surface area contributed by atoms with E-state index in [0.29, 0.717) is 12.2 Å². The zero-order chi connectivity index (χ0) is 9.68. The van der Waals surface area contributed by atoms with Gasteiger partial charge in [-0.05, 0) is 6.92 Å². The van der Waals surface area contributed by atoms with Crippen LogP contribution in [0.1, 0.15) is 6.92 Å². The molecule has 0 aromatic rings. The van der Waals surface area contributed by atoms with Crippen LogP contribution in [0.4, 0.5) is 0 Å². The summed E-state index contributed by atoms with van der Waals surface area (Å²) in [6, 6.07) is 0. The second-order valence-corrected chi connectivity index (χ2v) is 2.75. The molecule has 0 N–H and O–H groups in total. The van der Waals surface area contributed by atoms with Gasteiger partial charge in [0, 0.05) is 5.57 Å². The third-order valence-electron chi connectivity index (χ3n) is 1.36. The molecule has 72 valence electrons. The Kier molecular flexibility index (Phi) is 3.52. The molecule has 0 radical (unpaired) electrons. The minimum atomic E-state index is -0.456. The SMILES string of the molecule is C=C(C)C(=O)O/C=C/OCC1CO1. The molecular formula is C9H12O4. The Labute approximate surface area is 76.8 Å². The van der Waals surface area contributed by atoms with Crippen molar-refractivity contribution in [3.05, 3.63) is 24.7 Å². The van der Waals surface area contributed by atoms with Gasteiger partial charge in [-0.25, -0.2) is 4.79 Å². The first-order valence-electron chi connectivity index (χ1n) is 3.95. The summed E-state index contributed by atoms with van der Waals surface area (Å²) in [4.78, 5) is 10.8. The summed E-state index contributed by atoms with van der Waals surface area (Å²) in [6.07, 6.45) is 2.73. The van der Waals surface area contributed by atoms with Crippen molar-refractivity contribution in [3.63, 3.8) is 0 Å². The van der Waals surface area contributed by atoms with Gasteiger partial charge in [0.2, 0.25) is 0 Å². The van der Waals surface area contributed by atoms with Crippen molar-refractivity contribution < 1.29 is 19.0 Å². The predicted octanol–water partition coefficient (Wildman–Crippen LogP) is 0.992. The van der Waals surface area contributed by atoms with Crippen molar-refractivity contribution in [2.24, 2.45) is 0 Å². The van der Waals surface area contributed by atoms with Gasteiger partial charge >= 0.3 is 5.97 Å². The molecule has 0 aromatic heterocycles.